The molecule has 0 fully saturated rings. The van der Waals surface area contributed by atoms with Crippen molar-refractivity contribution in [3.8, 4) is 0 Å². The number of anilines is 1. The number of benzene rings is 2. The highest BCUT2D eigenvalue weighted by Gasteiger charge is 2.13. The molecule has 0 saturated carbocycles. The van der Waals surface area contributed by atoms with Crippen molar-refractivity contribution in [2.75, 3.05) is 5.32 Å². The summed E-state index contributed by atoms with van der Waals surface area (Å²) in [5.74, 6) is 0. The second-order valence-corrected chi connectivity index (χ2v) is 5.50. The van der Waals surface area contributed by atoms with Crippen LogP contribution in [-0.2, 0) is 7.05 Å². The quantitative estimate of drug-likeness (QED) is 0.664. The lowest BCUT2D eigenvalue weighted by molar-refractivity contribution is -0.646. The van der Waals surface area contributed by atoms with Gasteiger partial charge in [0, 0.05) is 41.0 Å². The van der Waals surface area contributed by atoms with E-state index in [1.807, 2.05) is 6.20 Å². The Bertz CT molecular complexity index is 920. The van der Waals surface area contributed by atoms with Gasteiger partial charge in [0.15, 0.2) is 0 Å². The van der Waals surface area contributed by atoms with E-state index < -0.39 is 0 Å². The van der Waals surface area contributed by atoms with Crippen LogP contribution >= 0.6 is 0 Å². The van der Waals surface area contributed by atoms with E-state index in [0.29, 0.717) is 0 Å². The molecular formula is C20H17N2+. The number of hydrogen-bond acceptors (Lipinski definition) is 1. The fourth-order valence-corrected chi connectivity index (χ4v) is 2.96. The van der Waals surface area contributed by atoms with Gasteiger partial charge in [-0.25, -0.2) is 0 Å². The van der Waals surface area contributed by atoms with Crippen molar-refractivity contribution >= 4 is 28.2 Å². The Hall–Kier alpha value is -2.87. The molecule has 2 heterocycles. The number of hydrogen-bond donors (Lipinski definition) is 1. The number of aryl methyl sites for hydroxylation is 1. The predicted molar refractivity (Wildman–Crippen MR) is 92.2 cm³/mol. The Balaban J connectivity index is 1.88. The van der Waals surface area contributed by atoms with Crippen LogP contribution in [0.3, 0.4) is 0 Å². The molecule has 4 rings (SSSR count). The predicted octanol–water partition coefficient (Wildman–Crippen LogP) is 4.14. The Labute approximate surface area is 130 Å². The Kier molecular flexibility index (Phi) is 3.01. The van der Waals surface area contributed by atoms with Crippen molar-refractivity contribution in [2.24, 2.45) is 7.05 Å². The topological polar surface area (TPSA) is 15.9 Å². The number of rotatable bonds is 1. The number of nitrogens with zero attached hydrogens (tertiary/aromatic N) is 1. The lowest BCUT2D eigenvalue weighted by Crippen LogP contribution is -2.32. The summed E-state index contributed by atoms with van der Waals surface area (Å²) in [6.07, 6.45) is 6.36. The van der Waals surface area contributed by atoms with E-state index in [1.165, 1.54) is 27.7 Å². The van der Waals surface area contributed by atoms with Crippen molar-refractivity contribution in [2.45, 2.75) is 0 Å². The van der Waals surface area contributed by atoms with Gasteiger partial charge in [-0.1, -0.05) is 30.3 Å². The fourth-order valence-electron chi connectivity index (χ4n) is 2.96. The highest BCUT2D eigenvalue weighted by molar-refractivity contribution is 5.93. The summed E-state index contributed by atoms with van der Waals surface area (Å²) in [6, 6.07) is 21.2. The highest BCUT2D eigenvalue weighted by Crippen LogP contribution is 2.29. The van der Waals surface area contributed by atoms with Crippen LogP contribution in [0.25, 0.3) is 22.6 Å². The summed E-state index contributed by atoms with van der Waals surface area (Å²) in [6.45, 7) is 0. The van der Waals surface area contributed by atoms with Gasteiger partial charge in [-0.2, -0.15) is 4.57 Å². The fraction of sp³-hybridized carbons (Fsp3) is 0.0500. The average Bonchev–Trinajstić information content (AvgIpc) is 2.58. The van der Waals surface area contributed by atoms with Gasteiger partial charge in [-0.05, 0) is 29.8 Å². The first kappa shape index (κ1) is 12.8. The first-order valence-electron chi connectivity index (χ1n) is 7.45. The van der Waals surface area contributed by atoms with E-state index in [1.54, 1.807) is 0 Å². The maximum atomic E-state index is 3.29. The zero-order valence-electron chi connectivity index (χ0n) is 12.5. The van der Waals surface area contributed by atoms with Gasteiger partial charge in [-0.15, -0.1) is 0 Å². The zero-order chi connectivity index (χ0) is 14.9. The summed E-state index contributed by atoms with van der Waals surface area (Å²) >= 11 is 0. The number of aromatic nitrogens is 1. The lowest BCUT2D eigenvalue weighted by atomic mass is 10.00. The van der Waals surface area contributed by atoms with Crippen LogP contribution in [0, 0.1) is 0 Å². The van der Waals surface area contributed by atoms with Crippen LogP contribution in [0.2, 0.25) is 0 Å². The molecule has 2 nitrogen and oxygen atoms in total. The second kappa shape index (κ2) is 5.15. The summed E-state index contributed by atoms with van der Waals surface area (Å²) in [4.78, 5) is 0. The number of allylic oxidation sites excluding steroid dienone is 2. The molecular weight excluding hydrogens is 268 g/mol. The lowest BCUT2D eigenvalue weighted by Gasteiger charge is -2.14. The van der Waals surface area contributed by atoms with E-state index in [9.17, 15) is 0 Å². The van der Waals surface area contributed by atoms with Gasteiger partial charge in [-0.3, -0.25) is 0 Å². The molecule has 1 aliphatic rings. The van der Waals surface area contributed by atoms with Gasteiger partial charge < -0.3 is 5.32 Å². The molecule has 0 atom stereocenters. The van der Waals surface area contributed by atoms with E-state index in [-0.39, 0.29) is 0 Å². The molecule has 2 heteroatoms. The molecule has 0 bridgehead atoms. The number of fused-ring (bicyclic) bond motifs is 2. The first-order valence-corrected chi connectivity index (χ1v) is 7.45. The smallest absolute Gasteiger partial charge is 0.212 e. The Morgan fingerprint density at radius 1 is 0.909 bits per heavy atom. The molecule has 0 radical (unpaired) electrons. The molecule has 2 aromatic carbocycles. The van der Waals surface area contributed by atoms with Crippen molar-refractivity contribution in [1.82, 2.24) is 0 Å². The van der Waals surface area contributed by atoms with Gasteiger partial charge >= 0.3 is 0 Å². The van der Waals surface area contributed by atoms with E-state index in [0.717, 1.165) is 5.69 Å². The molecule has 0 unspecified atom stereocenters. The summed E-state index contributed by atoms with van der Waals surface area (Å²) in [5, 5.41) is 4.55. The van der Waals surface area contributed by atoms with Crippen LogP contribution < -0.4 is 9.88 Å². The monoisotopic (exact) mass is 285 g/mol. The third-order valence-corrected chi connectivity index (χ3v) is 4.16. The average molecular weight is 285 g/mol. The van der Waals surface area contributed by atoms with Gasteiger partial charge in [0.2, 0.25) is 11.2 Å². The molecule has 1 N–H and O–H groups in total. The normalized spacial score (nSPS) is 14.9. The van der Waals surface area contributed by atoms with E-state index in [4.69, 9.17) is 0 Å². The van der Waals surface area contributed by atoms with E-state index >= 15 is 0 Å². The van der Waals surface area contributed by atoms with E-state index in [2.05, 4.69) is 89.7 Å². The standard InChI is InChI=1S/C20H16N2/c1-22-17(11-10-15-6-2-5-9-20(15)22)14-16-12-13-21-19-8-4-3-7-18(16)19/h2-14H,1H3/p+1. The largest absolute Gasteiger partial charge is 0.361 e. The number of pyridine rings is 1. The van der Waals surface area contributed by atoms with Crippen LogP contribution in [0.15, 0.2) is 72.9 Å². The minimum absolute atomic E-state index is 1.15. The molecule has 1 aliphatic heterocycles. The second-order valence-electron chi connectivity index (χ2n) is 5.50. The zero-order valence-corrected chi connectivity index (χ0v) is 12.5. The van der Waals surface area contributed by atoms with Crippen LogP contribution in [0.5, 0.6) is 0 Å². The molecule has 22 heavy (non-hydrogen) atoms. The molecule has 3 aromatic rings. The third-order valence-electron chi connectivity index (χ3n) is 4.16. The van der Waals surface area contributed by atoms with Gasteiger partial charge in [0.25, 0.3) is 0 Å². The van der Waals surface area contributed by atoms with Crippen molar-refractivity contribution in [3.05, 3.63) is 84.2 Å². The van der Waals surface area contributed by atoms with Gasteiger partial charge in [0.1, 0.15) is 7.05 Å². The number of nitrogens with one attached hydrogen (secondary N) is 1. The van der Waals surface area contributed by atoms with Crippen molar-refractivity contribution in [1.29, 1.82) is 0 Å². The summed E-state index contributed by atoms with van der Waals surface area (Å²) in [5.41, 5.74) is 6.04. The molecule has 0 spiro atoms. The van der Waals surface area contributed by atoms with Crippen LogP contribution in [0.4, 0.5) is 5.69 Å². The maximum Gasteiger partial charge on any atom is 0.212 e. The van der Waals surface area contributed by atoms with Crippen molar-refractivity contribution in [3.63, 3.8) is 0 Å². The van der Waals surface area contributed by atoms with Crippen molar-refractivity contribution < 1.29 is 4.57 Å². The third kappa shape index (κ3) is 2.09. The molecule has 106 valence electrons. The number of para-hydroxylation sites is 2. The minimum atomic E-state index is 1.15. The molecule has 0 amide bonds. The van der Waals surface area contributed by atoms with Crippen LogP contribution in [-0.4, -0.2) is 0 Å². The van der Waals surface area contributed by atoms with Gasteiger partial charge in [0.05, 0.1) is 0 Å². The SMILES string of the molecule is C[n+]1c(/C=C2/C=CNc3ccccc32)ccc2ccccc21. The van der Waals surface area contributed by atoms with Crippen LogP contribution in [0.1, 0.15) is 11.3 Å². The minimum Gasteiger partial charge on any atom is -0.361 e. The summed E-state index contributed by atoms with van der Waals surface area (Å²) in [7, 11) is 2.12. The maximum absolute atomic E-state index is 3.29. The Morgan fingerprint density at radius 3 is 2.68 bits per heavy atom. The molecule has 0 saturated heterocycles. The first-order chi connectivity index (χ1) is 10.8. The molecule has 0 aliphatic carbocycles. The molecule has 1 aromatic heterocycles. The Morgan fingerprint density at radius 2 is 1.73 bits per heavy atom. The summed E-state index contributed by atoms with van der Waals surface area (Å²) < 4.78 is 2.24. The highest BCUT2D eigenvalue weighted by atomic mass is 14.9.